The Morgan fingerprint density at radius 1 is 1.13 bits per heavy atom. The Morgan fingerprint density at radius 2 is 1.78 bits per heavy atom. The number of amides is 1. The summed E-state index contributed by atoms with van der Waals surface area (Å²) in [6.07, 6.45) is -2.76. The monoisotopic (exact) mass is 667 g/mol. The van der Waals surface area contributed by atoms with Crippen molar-refractivity contribution in [3.63, 3.8) is 0 Å². The molecule has 1 saturated carbocycles. The molecule has 4 atom stereocenters. The van der Waals surface area contributed by atoms with Gasteiger partial charge in [-0.15, -0.1) is 0 Å². The van der Waals surface area contributed by atoms with Crippen LogP contribution in [0.2, 0.25) is 0 Å². The number of nitrogens with zero attached hydrogens (tertiary/aromatic N) is 4. The molecule has 2 aliphatic heterocycles. The third kappa shape index (κ3) is 6.51. The first-order valence-corrected chi connectivity index (χ1v) is 17.2. The van der Waals surface area contributed by atoms with Crippen molar-refractivity contribution in [2.24, 2.45) is 22.7 Å². The summed E-state index contributed by atoms with van der Waals surface area (Å²) in [6.45, 7) is 12.3. The van der Waals surface area contributed by atoms with Gasteiger partial charge in [-0.2, -0.15) is 18.2 Å². The Bertz CT molecular complexity index is 1600. The number of rotatable bonds is 5. The number of carboxylic acid groups (broad SMARTS) is 1. The summed E-state index contributed by atoms with van der Waals surface area (Å²) >= 11 is 0. The first kappa shape index (κ1) is 34.2. The number of anilines is 3. The minimum atomic E-state index is -4.70. The number of likely N-dealkylation sites (tertiary alicyclic amines) is 1. The molecule has 3 aliphatic rings. The van der Waals surface area contributed by atoms with E-state index >= 15 is 0 Å². The molecule has 5 rings (SSSR count). The molecule has 3 fully saturated rings. The zero-order valence-corrected chi connectivity index (χ0v) is 28.0. The highest BCUT2D eigenvalue weighted by molar-refractivity contribution is 7.92. The quantitative estimate of drug-likeness (QED) is 0.345. The Kier molecular flexibility index (Phi) is 8.58. The van der Waals surface area contributed by atoms with E-state index in [1.54, 1.807) is 26.0 Å². The molecule has 254 valence electrons. The summed E-state index contributed by atoms with van der Waals surface area (Å²) in [5.74, 6) is -0.624. The Balaban J connectivity index is 1.39. The highest BCUT2D eigenvalue weighted by Gasteiger charge is 2.62. The fourth-order valence-corrected chi connectivity index (χ4v) is 10.9. The summed E-state index contributed by atoms with van der Waals surface area (Å²) in [4.78, 5) is 22.6. The average molecular weight is 668 g/mol. The SMILES string of the molecule is Cc1cc(S(=O)(=O)C2CC3(CCN(C(=O)O)CC3)C2C(C)(C)C)ccc1Nc1ncc(C(F)(F)F)c(N2CC(C)CC(C)(O)C2)n1. The predicted molar refractivity (Wildman–Crippen MR) is 168 cm³/mol. The fraction of sp³-hybridized carbons (Fsp3) is 0.656. The first-order chi connectivity index (χ1) is 21.1. The number of β-amino-alcohol motifs (C(OH)–C–C–N with tert-alkyl or cyclic N) is 1. The molecule has 10 nitrogen and oxygen atoms in total. The first-order valence-electron chi connectivity index (χ1n) is 15.6. The lowest BCUT2D eigenvalue weighted by Gasteiger charge is -2.62. The van der Waals surface area contributed by atoms with Crippen LogP contribution in [0.5, 0.6) is 0 Å². The number of hydrogen-bond donors (Lipinski definition) is 3. The molecule has 1 amide bonds. The van der Waals surface area contributed by atoms with Gasteiger partial charge in [0, 0.05) is 38.1 Å². The number of alkyl halides is 3. The molecular weight excluding hydrogens is 623 g/mol. The third-order valence-corrected chi connectivity index (χ3v) is 12.1. The van der Waals surface area contributed by atoms with E-state index in [9.17, 15) is 36.6 Å². The number of aromatic nitrogens is 2. The number of aliphatic hydroxyl groups is 1. The molecule has 3 N–H and O–H groups in total. The van der Waals surface area contributed by atoms with Crippen LogP contribution in [0.15, 0.2) is 29.3 Å². The van der Waals surface area contributed by atoms with Gasteiger partial charge in [0.1, 0.15) is 11.4 Å². The van der Waals surface area contributed by atoms with Crippen LogP contribution < -0.4 is 10.2 Å². The van der Waals surface area contributed by atoms with Crippen molar-refractivity contribution < 1.29 is 36.6 Å². The van der Waals surface area contributed by atoms with E-state index in [1.165, 1.54) is 15.9 Å². The standard InChI is InChI=1S/C32H44F3N5O5S/c1-19-14-30(6,43)18-40(17-19)26-22(32(33,34)35)16-36-27(38-26)37-23-8-7-21(13-20(23)2)46(44,45)24-15-31(25(24)29(3,4)5)9-11-39(12-10-31)28(41)42/h7-8,13,16,19,24-25,43H,9-12,14-15,17-18H2,1-6H3,(H,41,42)(H,36,37,38). The number of aryl methyl sites for hydroxylation is 1. The molecule has 4 unspecified atom stereocenters. The van der Waals surface area contributed by atoms with Gasteiger partial charge in [-0.05, 0) is 86.0 Å². The van der Waals surface area contributed by atoms with Crippen LogP contribution >= 0.6 is 0 Å². The van der Waals surface area contributed by atoms with Gasteiger partial charge in [0.15, 0.2) is 9.84 Å². The Morgan fingerprint density at radius 3 is 2.33 bits per heavy atom. The van der Waals surface area contributed by atoms with Gasteiger partial charge >= 0.3 is 12.3 Å². The zero-order valence-electron chi connectivity index (χ0n) is 27.1. The molecule has 1 aromatic heterocycles. The van der Waals surface area contributed by atoms with Crippen molar-refractivity contribution in [2.45, 2.75) is 89.1 Å². The summed E-state index contributed by atoms with van der Waals surface area (Å²) < 4.78 is 70.0. The second-order valence-electron chi connectivity index (χ2n) is 15.0. The maximum atomic E-state index is 14.0. The molecule has 2 aromatic rings. The van der Waals surface area contributed by atoms with Gasteiger partial charge in [0.05, 0.1) is 15.7 Å². The minimum Gasteiger partial charge on any atom is -0.465 e. The normalized spacial score (nSPS) is 27.0. The van der Waals surface area contributed by atoms with Crippen molar-refractivity contribution in [3.8, 4) is 0 Å². The van der Waals surface area contributed by atoms with E-state index in [4.69, 9.17) is 0 Å². The minimum absolute atomic E-state index is 0.0156. The van der Waals surface area contributed by atoms with Gasteiger partial charge in [0.25, 0.3) is 0 Å². The van der Waals surface area contributed by atoms with Crippen molar-refractivity contribution in [1.29, 1.82) is 0 Å². The van der Waals surface area contributed by atoms with Crippen molar-refractivity contribution >= 4 is 33.4 Å². The summed E-state index contributed by atoms with van der Waals surface area (Å²) in [5.41, 5.74) is -1.75. The maximum Gasteiger partial charge on any atom is 0.421 e. The van der Waals surface area contributed by atoms with Crippen LogP contribution in [-0.4, -0.2) is 76.6 Å². The number of benzene rings is 1. The summed E-state index contributed by atoms with van der Waals surface area (Å²) in [6, 6.07) is 4.63. The summed E-state index contributed by atoms with van der Waals surface area (Å²) in [5, 5.41) is 22.4. The molecule has 1 aliphatic carbocycles. The van der Waals surface area contributed by atoms with E-state index < -0.39 is 38.5 Å². The van der Waals surface area contributed by atoms with Crippen LogP contribution in [0.3, 0.4) is 0 Å². The van der Waals surface area contributed by atoms with Crippen LogP contribution in [0.1, 0.15) is 71.4 Å². The van der Waals surface area contributed by atoms with Gasteiger partial charge in [-0.1, -0.05) is 27.7 Å². The lowest BCUT2D eigenvalue weighted by molar-refractivity contribution is -0.137. The molecular formula is C32H44F3N5O5S. The van der Waals surface area contributed by atoms with Crippen molar-refractivity contribution in [1.82, 2.24) is 14.9 Å². The predicted octanol–water partition coefficient (Wildman–Crippen LogP) is 6.11. The van der Waals surface area contributed by atoms with E-state index in [1.807, 2.05) is 27.7 Å². The third-order valence-electron chi connectivity index (χ3n) is 10.00. The number of piperidine rings is 2. The van der Waals surface area contributed by atoms with Crippen LogP contribution in [0.25, 0.3) is 0 Å². The largest absolute Gasteiger partial charge is 0.465 e. The molecule has 14 heteroatoms. The molecule has 1 spiro atoms. The topological polar surface area (TPSA) is 136 Å². The Hall–Kier alpha value is -3.13. The van der Waals surface area contributed by atoms with Crippen molar-refractivity contribution in [2.75, 3.05) is 36.4 Å². The summed E-state index contributed by atoms with van der Waals surface area (Å²) in [7, 11) is -3.76. The van der Waals surface area contributed by atoms with Gasteiger partial charge in [-0.3, -0.25) is 0 Å². The van der Waals surface area contributed by atoms with Crippen LogP contribution in [0, 0.1) is 29.6 Å². The molecule has 0 radical (unpaired) electrons. The molecule has 1 aromatic carbocycles. The van der Waals surface area contributed by atoms with Crippen LogP contribution in [0.4, 0.5) is 35.4 Å². The number of hydrogen-bond acceptors (Lipinski definition) is 8. The second kappa shape index (κ2) is 11.5. The molecule has 46 heavy (non-hydrogen) atoms. The number of sulfone groups is 1. The zero-order chi connectivity index (χ0) is 34.0. The van der Waals surface area contributed by atoms with E-state index in [2.05, 4.69) is 15.3 Å². The second-order valence-corrected chi connectivity index (χ2v) is 17.1. The van der Waals surface area contributed by atoms with E-state index in [-0.39, 0.29) is 52.4 Å². The van der Waals surface area contributed by atoms with Crippen LogP contribution in [-0.2, 0) is 16.0 Å². The van der Waals surface area contributed by atoms with E-state index in [0.717, 1.165) is 6.20 Å². The highest BCUT2D eigenvalue weighted by atomic mass is 32.2. The van der Waals surface area contributed by atoms with Gasteiger partial charge in [-0.25, -0.2) is 18.2 Å². The van der Waals surface area contributed by atoms with Gasteiger partial charge < -0.3 is 25.3 Å². The lowest BCUT2D eigenvalue weighted by Crippen LogP contribution is -2.63. The fourth-order valence-electron chi connectivity index (χ4n) is 8.32. The molecule has 3 heterocycles. The molecule has 2 saturated heterocycles. The highest BCUT2D eigenvalue weighted by Crippen LogP contribution is 2.62. The molecule has 0 bridgehead atoms. The van der Waals surface area contributed by atoms with Crippen molar-refractivity contribution in [3.05, 3.63) is 35.5 Å². The average Bonchev–Trinajstić information content (AvgIpc) is 2.90. The maximum absolute atomic E-state index is 14.0. The number of carbonyl (C=O) groups is 1. The smallest absolute Gasteiger partial charge is 0.421 e. The number of halogens is 3. The Labute approximate surface area is 268 Å². The van der Waals surface area contributed by atoms with Gasteiger partial charge in [0.2, 0.25) is 5.95 Å². The number of nitrogens with one attached hydrogen (secondary N) is 1. The van der Waals surface area contributed by atoms with E-state index in [0.29, 0.717) is 50.0 Å². The lowest BCUT2D eigenvalue weighted by atomic mass is 9.48.